The zero-order valence-electron chi connectivity index (χ0n) is 15.1. The average Bonchev–Trinajstić information content (AvgIpc) is 2.58. The molecule has 1 N–H and O–H groups in total. The fraction of sp³-hybridized carbons (Fsp3) is 0.381. The van der Waals surface area contributed by atoms with E-state index in [1.807, 2.05) is 45.0 Å². The molecular weight excluding hydrogens is 314 g/mol. The summed E-state index contributed by atoms with van der Waals surface area (Å²) in [5, 5.41) is 5.22. The minimum atomic E-state index is -0.262. The number of benzene rings is 2. The Morgan fingerprint density at radius 3 is 2.76 bits per heavy atom. The maximum absolute atomic E-state index is 12.0. The SMILES string of the molecule is CC(C)(C)NC(=O)COc1cc(C2=CCOCC2)c2ccccc2c1. The topological polar surface area (TPSA) is 47.6 Å². The Balaban J connectivity index is 1.86. The van der Waals surface area contributed by atoms with Gasteiger partial charge in [-0.25, -0.2) is 0 Å². The lowest BCUT2D eigenvalue weighted by Crippen LogP contribution is -2.43. The minimum absolute atomic E-state index is 0.0111. The third-order valence-electron chi connectivity index (χ3n) is 4.03. The van der Waals surface area contributed by atoms with E-state index in [0.717, 1.165) is 24.0 Å². The summed E-state index contributed by atoms with van der Waals surface area (Å²) in [7, 11) is 0. The van der Waals surface area contributed by atoms with E-state index in [2.05, 4.69) is 23.5 Å². The Hall–Kier alpha value is -2.33. The molecule has 3 rings (SSSR count). The van der Waals surface area contributed by atoms with Crippen molar-refractivity contribution in [2.45, 2.75) is 32.7 Å². The van der Waals surface area contributed by atoms with Gasteiger partial charge in [-0.15, -0.1) is 0 Å². The first-order valence-corrected chi connectivity index (χ1v) is 8.66. The lowest BCUT2D eigenvalue weighted by atomic mass is 9.95. The number of carbonyl (C=O) groups excluding carboxylic acids is 1. The summed E-state index contributed by atoms with van der Waals surface area (Å²) < 4.78 is 11.2. The number of carbonyl (C=O) groups is 1. The van der Waals surface area contributed by atoms with E-state index in [1.54, 1.807) is 0 Å². The Labute approximate surface area is 148 Å². The summed E-state index contributed by atoms with van der Waals surface area (Å²) >= 11 is 0. The van der Waals surface area contributed by atoms with Gasteiger partial charge in [-0.3, -0.25) is 4.79 Å². The summed E-state index contributed by atoms with van der Waals surface area (Å²) in [6.07, 6.45) is 3.01. The van der Waals surface area contributed by atoms with Crippen molar-refractivity contribution in [2.75, 3.05) is 19.8 Å². The van der Waals surface area contributed by atoms with Crippen molar-refractivity contribution < 1.29 is 14.3 Å². The molecule has 0 aliphatic carbocycles. The standard InChI is InChI=1S/C21H25NO3/c1-21(2,3)22-20(23)14-25-17-12-16-6-4-5-7-18(16)19(13-17)15-8-10-24-11-9-15/h4-8,12-13H,9-11,14H2,1-3H3,(H,22,23). The van der Waals surface area contributed by atoms with Gasteiger partial charge in [-0.05, 0) is 61.2 Å². The Morgan fingerprint density at radius 1 is 1.24 bits per heavy atom. The molecule has 0 atom stereocenters. The third-order valence-corrected chi connectivity index (χ3v) is 4.03. The maximum Gasteiger partial charge on any atom is 0.258 e. The van der Waals surface area contributed by atoms with Crippen LogP contribution in [-0.2, 0) is 9.53 Å². The Bertz CT molecular complexity index is 802. The van der Waals surface area contributed by atoms with E-state index in [0.29, 0.717) is 12.4 Å². The Kier molecular flexibility index (Phi) is 5.09. The predicted molar refractivity (Wildman–Crippen MR) is 101 cm³/mol. The van der Waals surface area contributed by atoms with Crippen LogP contribution in [0.15, 0.2) is 42.5 Å². The first-order valence-electron chi connectivity index (χ1n) is 8.66. The highest BCUT2D eigenvalue weighted by Crippen LogP contribution is 2.32. The quantitative estimate of drug-likeness (QED) is 0.918. The van der Waals surface area contributed by atoms with E-state index in [4.69, 9.17) is 9.47 Å². The van der Waals surface area contributed by atoms with Gasteiger partial charge in [0.05, 0.1) is 13.2 Å². The molecule has 132 valence electrons. The molecule has 25 heavy (non-hydrogen) atoms. The fourth-order valence-corrected chi connectivity index (χ4v) is 3.01. The van der Waals surface area contributed by atoms with Crippen LogP contribution in [0.25, 0.3) is 16.3 Å². The molecule has 2 aromatic rings. The number of amides is 1. The number of nitrogens with one attached hydrogen (secondary N) is 1. The van der Waals surface area contributed by atoms with Crippen LogP contribution in [-0.4, -0.2) is 31.3 Å². The molecule has 0 aromatic heterocycles. The molecule has 0 saturated carbocycles. The lowest BCUT2D eigenvalue weighted by Gasteiger charge is -2.21. The molecule has 4 heteroatoms. The van der Waals surface area contributed by atoms with Crippen molar-refractivity contribution >= 4 is 22.3 Å². The molecule has 0 saturated heterocycles. The number of ether oxygens (including phenoxy) is 2. The van der Waals surface area contributed by atoms with Crippen LogP contribution < -0.4 is 10.1 Å². The number of fused-ring (bicyclic) bond motifs is 1. The summed E-state index contributed by atoms with van der Waals surface area (Å²) in [5.74, 6) is 0.595. The number of rotatable bonds is 4. The lowest BCUT2D eigenvalue weighted by molar-refractivity contribution is -0.124. The zero-order valence-corrected chi connectivity index (χ0v) is 15.1. The molecule has 0 bridgehead atoms. The predicted octanol–water partition coefficient (Wildman–Crippen LogP) is 3.94. The molecule has 0 radical (unpaired) electrons. The summed E-state index contributed by atoms with van der Waals surface area (Å²) in [6, 6.07) is 12.3. The highest BCUT2D eigenvalue weighted by molar-refractivity contribution is 5.95. The second-order valence-electron chi connectivity index (χ2n) is 7.33. The van der Waals surface area contributed by atoms with Gasteiger partial charge < -0.3 is 14.8 Å². The largest absolute Gasteiger partial charge is 0.484 e. The molecule has 1 aliphatic heterocycles. The van der Waals surface area contributed by atoms with Crippen LogP contribution in [0, 0.1) is 0 Å². The number of hydrogen-bond donors (Lipinski definition) is 1. The monoisotopic (exact) mass is 339 g/mol. The van der Waals surface area contributed by atoms with Gasteiger partial charge in [0.2, 0.25) is 0 Å². The van der Waals surface area contributed by atoms with E-state index in [9.17, 15) is 4.79 Å². The van der Waals surface area contributed by atoms with E-state index < -0.39 is 0 Å². The smallest absolute Gasteiger partial charge is 0.258 e. The van der Waals surface area contributed by atoms with Gasteiger partial charge in [0.15, 0.2) is 6.61 Å². The van der Waals surface area contributed by atoms with Gasteiger partial charge in [-0.2, -0.15) is 0 Å². The molecule has 0 fully saturated rings. The van der Waals surface area contributed by atoms with Gasteiger partial charge in [0, 0.05) is 5.54 Å². The van der Waals surface area contributed by atoms with E-state index in [-0.39, 0.29) is 18.1 Å². The van der Waals surface area contributed by atoms with Crippen molar-refractivity contribution in [3.63, 3.8) is 0 Å². The average molecular weight is 339 g/mol. The summed E-state index contributed by atoms with van der Waals surface area (Å²) in [5.41, 5.74) is 2.17. The molecule has 0 spiro atoms. The third kappa shape index (κ3) is 4.60. The molecule has 2 aromatic carbocycles. The second-order valence-corrected chi connectivity index (χ2v) is 7.33. The molecule has 1 heterocycles. The number of hydrogen-bond acceptors (Lipinski definition) is 3. The van der Waals surface area contributed by atoms with Crippen LogP contribution in [0.5, 0.6) is 5.75 Å². The van der Waals surface area contributed by atoms with Crippen molar-refractivity contribution in [3.05, 3.63) is 48.0 Å². The van der Waals surface area contributed by atoms with Crippen molar-refractivity contribution in [1.29, 1.82) is 0 Å². The summed E-state index contributed by atoms with van der Waals surface area (Å²) in [6.45, 7) is 7.25. The normalized spacial score (nSPS) is 14.9. The second kappa shape index (κ2) is 7.28. The van der Waals surface area contributed by atoms with Crippen LogP contribution >= 0.6 is 0 Å². The van der Waals surface area contributed by atoms with Crippen molar-refractivity contribution in [2.24, 2.45) is 0 Å². The van der Waals surface area contributed by atoms with Crippen LogP contribution in [0.2, 0.25) is 0 Å². The van der Waals surface area contributed by atoms with Gasteiger partial charge in [0.1, 0.15) is 5.75 Å². The minimum Gasteiger partial charge on any atom is -0.484 e. The van der Waals surface area contributed by atoms with Crippen LogP contribution in [0.4, 0.5) is 0 Å². The summed E-state index contributed by atoms with van der Waals surface area (Å²) in [4.78, 5) is 12.0. The highest BCUT2D eigenvalue weighted by Gasteiger charge is 2.15. The van der Waals surface area contributed by atoms with Gasteiger partial charge in [0.25, 0.3) is 5.91 Å². The van der Waals surface area contributed by atoms with Crippen molar-refractivity contribution in [1.82, 2.24) is 5.32 Å². The van der Waals surface area contributed by atoms with Crippen LogP contribution in [0.3, 0.4) is 0 Å². The highest BCUT2D eigenvalue weighted by atomic mass is 16.5. The first kappa shape index (κ1) is 17.5. The van der Waals surface area contributed by atoms with Gasteiger partial charge in [-0.1, -0.05) is 30.3 Å². The van der Waals surface area contributed by atoms with Crippen LogP contribution in [0.1, 0.15) is 32.8 Å². The van der Waals surface area contributed by atoms with E-state index in [1.165, 1.54) is 11.0 Å². The zero-order chi connectivity index (χ0) is 17.9. The maximum atomic E-state index is 12.0. The fourth-order valence-electron chi connectivity index (χ4n) is 3.01. The first-order chi connectivity index (χ1) is 11.9. The Morgan fingerprint density at radius 2 is 2.04 bits per heavy atom. The molecule has 1 amide bonds. The molecule has 4 nitrogen and oxygen atoms in total. The molecule has 1 aliphatic rings. The van der Waals surface area contributed by atoms with E-state index >= 15 is 0 Å². The molecular formula is C21H25NO3. The van der Waals surface area contributed by atoms with Gasteiger partial charge >= 0.3 is 0 Å². The molecule has 0 unspecified atom stereocenters. The van der Waals surface area contributed by atoms with Crippen molar-refractivity contribution in [3.8, 4) is 5.75 Å².